The molecule has 0 amide bonds. The van der Waals surface area contributed by atoms with Gasteiger partial charge in [-0.1, -0.05) is 13.3 Å². The van der Waals surface area contributed by atoms with E-state index in [2.05, 4.69) is 12.4 Å². The largest absolute Gasteiger partial charge is 0.393 e. The predicted octanol–water partition coefficient (Wildman–Crippen LogP) is 1.61. The number of hydroxylamine groups is 1. The molecule has 1 rings (SSSR count). The van der Waals surface area contributed by atoms with Gasteiger partial charge in [0.25, 0.3) is 0 Å². The van der Waals surface area contributed by atoms with E-state index < -0.39 is 0 Å². The number of unbranched alkanes of at least 4 members (excludes halogenated alkanes) is 1. The highest BCUT2D eigenvalue weighted by molar-refractivity contribution is 4.96. The van der Waals surface area contributed by atoms with E-state index >= 15 is 0 Å². The van der Waals surface area contributed by atoms with Crippen LogP contribution < -0.4 is 5.48 Å². The summed E-state index contributed by atoms with van der Waals surface area (Å²) in [5.74, 6) is 1.05. The molecule has 51 valence electrons. The summed E-state index contributed by atoms with van der Waals surface area (Å²) in [7, 11) is 0. The number of nitrogens with zero attached hydrogens (tertiary/aromatic N) is 1. The van der Waals surface area contributed by atoms with Gasteiger partial charge in [-0.2, -0.15) is 0 Å². The summed E-state index contributed by atoms with van der Waals surface area (Å²) in [6, 6.07) is 0. The Hall–Kier alpha value is -0.500. The van der Waals surface area contributed by atoms with Crippen molar-refractivity contribution in [1.82, 2.24) is 5.48 Å². The summed E-state index contributed by atoms with van der Waals surface area (Å²) < 4.78 is 0. The molecule has 0 bridgehead atoms. The topological polar surface area (TPSA) is 23.3 Å². The van der Waals surface area contributed by atoms with Crippen molar-refractivity contribution in [1.29, 1.82) is 0 Å². The van der Waals surface area contributed by atoms with Gasteiger partial charge >= 0.3 is 0 Å². The van der Waals surface area contributed by atoms with E-state index in [-0.39, 0.29) is 0 Å². The summed E-state index contributed by atoms with van der Waals surface area (Å²) in [6.07, 6.45) is 5.53. The van der Waals surface area contributed by atoms with Gasteiger partial charge in [-0.3, -0.25) is 0 Å². The lowest BCUT2D eigenvalue weighted by atomic mass is 10.2. The molecule has 2 heteroatoms. The van der Waals surface area contributed by atoms with Gasteiger partial charge in [-0.25, -0.2) is 0 Å². The average molecular weight is 126 g/mol. The van der Waals surface area contributed by atoms with Crippen LogP contribution in [0.1, 0.15) is 26.2 Å². The molecule has 0 atom stereocenters. The van der Waals surface area contributed by atoms with Crippen LogP contribution in [0, 0.1) is 0 Å². The molecule has 0 unspecified atom stereocenters. The summed E-state index contributed by atoms with van der Waals surface area (Å²) in [5, 5.41) is 0. The molecule has 0 spiro atoms. The maximum atomic E-state index is 4.94. The van der Waals surface area contributed by atoms with Crippen LogP contribution in [0.4, 0.5) is 0 Å². The zero-order valence-corrected chi connectivity index (χ0v) is 5.76. The Morgan fingerprint density at radius 3 is 3.22 bits per heavy atom. The minimum Gasteiger partial charge on any atom is -0.393 e. The van der Waals surface area contributed by atoms with Crippen molar-refractivity contribution in [3.63, 3.8) is 0 Å². The third kappa shape index (κ3) is 2.06. The van der Waals surface area contributed by atoms with Crippen molar-refractivity contribution in [2.75, 3.05) is 6.54 Å². The van der Waals surface area contributed by atoms with Crippen LogP contribution in [0.3, 0.4) is 0 Å². The third-order valence-corrected chi connectivity index (χ3v) is 1.35. The van der Waals surface area contributed by atoms with Crippen LogP contribution in [0.5, 0.6) is 0 Å². The maximum Gasteiger partial charge on any atom is 0.124 e. The molecule has 0 aromatic rings. The second-order valence-electron chi connectivity index (χ2n) is 2.18. The Morgan fingerprint density at radius 2 is 2.67 bits per heavy atom. The lowest BCUT2D eigenvalue weighted by molar-refractivity contribution is 0.122. The predicted molar refractivity (Wildman–Crippen MR) is 35.7 cm³/mol. The first-order valence-corrected chi connectivity index (χ1v) is 3.46. The Bertz CT molecular complexity index is 109. The van der Waals surface area contributed by atoms with Crippen LogP contribution in [-0.2, 0) is 4.84 Å². The number of hydrogen-bond acceptors (Lipinski definition) is 1. The Kier molecular flexibility index (Phi) is 2.58. The minimum atomic E-state index is 0.749. The molecular weight excluding hydrogens is 114 g/mol. The molecule has 0 fully saturated rings. The zero-order valence-electron chi connectivity index (χ0n) is 5.76. The van der Waals surface area contributed by atoms with E-state index in [9.17, 15) is 0 Å². The van der Waals surface area contributed by atoms with Crippen molar-refractivity contribution in [2.45, 2.75) is 26.2 Å². The van der Waals surface area contributed by atoms with Crippen molar-refractivity contribution in [3.05, 3.63) is 11.8 Å². The molecule has 0 aromatic carbocycles. The van der Waals surface area contributed by atoms with Gasteiger partial charge in [0.2, 0.25) is 0 Å². The fourth-order valence-electron chi connectivity index (χ4n) is 0.795. The van der Waals surface area contributed by atoms with Gasteiger partial charge in [0.15, 0.2) is 0 Å². The highest BCUT2D eigenvalue weighted by atomic mass is 16.7. The molecule has 0 saturated carbocycles. The van der Waals surface area contributed by atoms with E-state index in [1.165, 1.54) is 12.8 Å². The van der Waals surface area contributed by atoms with Crippen LogP contribution in [0.2, 0.25) is 0 Å². The lowest BCUT2D eigenvalue weighted by Gasteiger charge is -1.97. The fourth-order valence-corrected chi connectivity index (χ4v) is 0.795. The van der Waals surface area contributed by atoms with Gasteiger partial charge in [-0.15, -0.1) is 0 Å². The molecule has 1 aliphatic rings. The second-order valence-corrected chi connectivity index (χ2v) is 2.18. The normalized spacial score (nSPS) is 17.2. The van der Waals surface area contributed by atoms with Gasteiger partial charge in [0.1, 0.15) is 5.76 Å². The van der Waals surface area contributed by atoms with E-state index in [4.69, 9.17) is 4.84 Å². The first-order chi connectivity index (χ1) is 4.43. The summed E-state index contributed by atoms with van der Waals surface area (Å²) in [6.45, 7) is 2.92. The second kappa shape index (κ2) is 3.51. The van der Waals surface area contributed by atoms with Crippen molar-refractivity contribution in [3.8, 4) is 0 Å². The third-order valence-electron chi connectivity index (χ3n) is 1.35. The van der Waals surface area contributed by atoms with Gasteiger partial charge in [0, 0.05) is 6.42 Å². The van der Waals surface area contributed by atoms with Crippen LogP contribution >= 0.6 is 0 Å². The molecule has 0 aliphatic carbocycles. The molecule has 1 radical (unpaired) electrons. The average Bonchev–Trinajstić information content (AvgIpc) is 2.34. The highest BCUT2D eigenvalue weighted by Crippen LogP contribution is 2.10. The molecule has 9 heavy (non-hydrogen) atoms. The summed E-state index contributed by atoms with van der Waals surface area (Å²) in [5.41, 5.74) is 3.73. The molecule has 2 nitrogen and oxygen atoms in total. The summed E-state index contributed by atoms with van der Waals surface area (Å²) >= 11 is 0. The standard InChI is InChI=1S/C7H12NO/c1-2-3-4-7-5-6-8-9-7/h5H,2-4,6H2,1H3. The molecule has 1 aliphatic heterocycles. The van der Waals surface area contributed by atoms with Gasteiger partial charge in [0.05, 0.1) is 6.54 Å². The first kappa shape index (κ1) is 6.62. The molecule has 0 N–H and O–H groups in total. The Balaban J connectivity index is 2.11. The van der Waals surface area contributed by atoms with Crippen LogP contribution in [0.25, 0.3) is 0 Å². The SMILES string of the molecule is CCCCC1=CC[N]O1. The van der Waals surface area contributed by atoms with Crippen molar-refractivity contribution in [2.24, 2.45) is 0 Å². The fraction of sp³-hybridized carbons (Fsp3) is 0.714. The minimum absolute atomic E-state index is 0.749. The Labute approximate surface area is 55.9 Å². The highest BCUT2D eigenvalue weighted by Gasteiger charge is 2.04. The van der Waals surface area contributed by atoms with Crippen LogP contribution in [0.15, 0.2) is 11.8 Å². The van der Waals surface area contributed by atoms with Crippen LogP contribution in [-0.4, -0.2) is 6.54 Å². The van der Waals surface area contributed by atoms with Gasteiger partial charge < -0.3 is 4.84 Å². The van der Waals surface area contributed by atoms with Crippen molar-refractivity contribution >= 4 is 0 Å². The number of hydrogen-bond donors (Lipinski definition) is 0. The van der Waals surface area contributed by atoms with E-state index in [0.29, 0.717) is 0 Å². The lowest BCUT2D eigenvalue weighted by Crippen LogP contribution is -1.94. The molecule has 0 saturated heterocycles. The number of rotatable bonds is 3. The zero-order chi connectivity index (χ0) is 6.53. The monoisotopic (exact) mass is 126 g/mol. The van der Waals surface area contributed by atoms with E-state index in [1.54, 1.807) is 0 Å². The smallest absolute Gasteiger partial charge is 0.124 e. The molecule has 0 aromatic heterocycles. The van der Waals surface area contributed by atoms with E-state index in [1.807, 2.05) is 6.08 Å². The number of allylic oxidation sites excluding steroid dienone is 1. The Morgan fingerprint density at radius 1 is 1.78 bits per heavy atom. The maximum absolute atomic E-state index is 4.94. The first-order valence-electron chi connectivity index (χ1n) is 3.46. The molecule has 1 heterocycles. The van der Waals surface area contributed by atoms with Gasteiger partial charge in [-0.05, 0) is 18.0 Å². The van der Waals surface area contributed by atoms with E-state index in [0.717, 1.165) is 18.7 Å². The quantitative estimate of drug-likeness (QED) is 0.563. The molecular formula is C7H12NO. The summed E-state index contributed by atoms with van der Waals surface area (Å²) in [4.78, 5) is 4.94. The van der Waals surface area contributed by atoms with Crippen molar-refractivity contribution < 1.29 is 4.84 Å².